The van der Waals surface area contributed by atoms with E-state index < -0.39 is 72.8 Å². The summed E-state index contributed by atoms with van der Waals surface area (Å²) in [7, 11) is -6.80. The number of carbonyl (C=O) groups is 4. The smallest absolute Gasteiger partial charge is 0.482 e. The molecular formula is C47H67BN6O12S2Si. The Morgan fingerprint density at radius 1 is 0.986 bits per heavy atom. The van der Waals surface area contributed by atoms with Crippen LogP contribution in [0, 0.1) is 17.3 Å². The maximum Gasteiger partial charge on any atom is 0.482 e. The molecule has 2 aromatic carbocycles. The highest BCUT2D eigenvalue weighted by atomic mass is 32.2. The molecule has 3 aromatic rings. The lowest BCUT2D eigenvalue weighted by molar-refractivity contribution is -0.199. The predicted molar refractivity (Wildman–Crippen MR) is 263 cm³/mol. The van der Waals surface area contributed by atoms with Crippen molar-refractivity contribution >= 4 is 66.1 Å². The Morgan fingerprint density at radius 2 is 1.70 bits per heavy atom. The molecule has 18 nitrogen and oxygen atoms in total. The summed E-state index contributed by atoms with van der Waals surface area (Å²) in [5, 5.41) is 9.49. The van der Waals surface area contributed by atoms with E-state index in [4.69, 9.17) is 28.0 Å². The minimum atomic E-state index is -4.54. The van der Waals surface area contributed by atoms with Crippen molar-refractivity contribution in [2.24, 2.45) is 17.3 Å². The summed E-state index contributed by atoms with van der Waals surface area (Å²) in [5.41, 5.74) is -0.0135. The fraction of sp³-hybridized carbons (Fsp3) is 0.596. The maximum atomic E-state index is 15.1. The van der Waals surface area contributed by atoms with Crippen molar-refractivity contribution in [2.75, 3.05) is 25.5 Å². The lowest BCUT2D eigenvalue weighted by atomic mass is 9.43. The third-order valence-corrected chi connectivity index (χ3v) is 21.2. The Balaban J connectivity index is 1.21. The van der Waals surface area contributed by atoms with E-state index in [-0.39, 0.29) is 77.2 Å². The van der Waals surface area contributed by atoms with Gasteiger partial charge in [-0.2, -0.15) is 8.42 Å². The van der Waals surface area contributed by atoms with Gasteiger partial charge in [0.2, 0.25) is 14.2 Å². The predicted octanol–water partition coefficient (Wildman–Crippen LogP) is 7.79. The highest BCUT2D eigenvalue weighted by Gasteiger charge is 2.68. The molecule has 6 atom stereocenters. The quantitative estimate of drug-likeness (QED) is 0.104. The summed E-state index contributed by atoms with van der Waals surface area (Å²) in [4.78, 5) is 60.5. The van der Waals surface area contributed by atoms with Gasteiger partial charge in [0.15, 0.2) is 11.2 Å². The molecule has 22 heteroatoms. The van der Waals surface area contributed by atoms with Gasteiger partial charge < -0.3 is 38.7 Å². The molecule has 5 fully saturated rings. The van der Waals surface area contributed by atoms with Crippen LogP contribution in [0.2, 0.25) is 18.1 Å². The summed E-state index contributed by atoms with van der Waals surface area (Å²) in [6.45, 7) is 21.4. The number of aromatic nitrogens is 1. The summed E-state index contributed by atoms with van der Waals surface area (Å²) >= 11 is 0.975. The van der Waals surface area contributed by atoms with Crippen LogP contribution in [0.3, 0.4) is 0 Å². The van der Waals surface area contributed by atoms with E-state index in [2.05, 4.69) is 41.7 Å². The van der Waals surface area contributed by atoms with E-state index in [1.54, 1.807) is 39.0 Å². The van der Waals surface area contributed by atoms with E-state index in [0.29, 0.717) is 15.8 Å². The molecule has 69 heavy (non-hydrogen) atoms. The van der Waals surface area contributed by atoms with Crippen LogP contribution in [0.25, 0.3) is 0 Å². The summed E-state index contributed by atoms with van der Waals surface area (Å²) in [6.07, 6.45) is 0.934. The van der Waals surface area contributed by atoms with Crippen molar-refractivity contribution < 1.29 is 55.6 Å². The number of amides is 4. The average Bonchev–Trinajstić information content (AvgIpc) is 3.88. The first-order valence-electron chi connectivity index (χ1n) is 23.4. The van der Waals surface area contributed by atoms with Gasteiger partial charge in [-0.3, -0.25) is 10.1 Å². The van der Waals surface area contributed by atoms with Crippen LogP contribution in [0.5, 0.6) is 5.75 Å². The molecule has 2 saturated heterocycles. The van der Waals surface area contributed by atoms with Crippen molar-refractivity contribution in [3.63, 3.8) is 0 Å². The number of rotatable bonds is 14. The number of hydroxylamine groups is 1. The second-order valence-corrected chi connectivity index (χ2v) is 28.9. The number of urea groups is 1. The van der Waals surface area contributed by atoms with E-state index >= 15 is 4.79 Å². The van der Waals surface area contributed by atoms with Gasteiger partial charge in [0.1, 0.15) is 23.5 Å². The van der Waals surface area contributed by atoms with Crippen molar-refractivity contribution in [1.82, 2.24) is 24.4 Å². The zero-order valence-electron chi connectivity index (χ0n) is 41.7. The molecule has 3 N–H and O–H groups in total. The Bertz CT molecular complexity index is 2520. The van der Waals surface area contributed by atoms with Gasteiger partial charge >= 0.3 is 35.4 Å². The van der Waals surface area contributed by atoms with Crippen LogP contribution in [0.1, 0.15) is 115 Å². The summed E-state index contributed by atoms with van der Waals surface area (Å²) in [6, 6.07) is 11.4. The minimum absolute atomic E-state index is 0.00675. The van der Waals surface area contributed by atoms with Crippen molar-refractivity contribution in [1.29, 1.82) is 0 Å². The van der Waals surface area contributed by atoms with Gasteiger partial charge in [-0.1, -0.05) is 81.6 Å². The fourth-order valence-electron chi connectivity index (χ4n) is 9.44. The summed E-state index contributed by atoms with van der Waals surface area (Å²) in [5.74, 6) is -1.53. The molecule has 3 aliphatic carbocycles. The SMILES string of the molecule is COc1c(CC(NC(=O)C(NC(=O)N2CCCN(O[Si](C)(C)C(C)(C)C)S2(=O)=O)c2csc(NC(=O)OCc3ccccc3)n2)B2OC3CC4CC(C4(C)C)[C@]3(C)O2)cccc1C(=O)OC(C)(C)C. The number of anilines is 1. The Morgan fingerprint density at radius 3 is 2.35 bits per heavy atom. The van der Waals surface area contributed by atoms with E-state index in [9.17, 15) is 22.8 Å². The van der Waals surface area contributed by atoms with Crippen LogP contribution < -0.4 is 20.7 Å². The van der Waals surface area contributed by atoms with E-state index in [1.807, 2.05) is 64.2 Å². The van der Waals surface area contributed by atoms with Gasteiger partial charge in [-0.25, -0.2) is 23.7 Å². The van der Waals surface area contributed by atoms with Crippen LogP contribution in [0.4, 0.5) is 14.7 Å². The molecule has 0 radical (unpaired) electrons. The Labute approximate surface area is 411 Å². The van der Waals surface area contributed by atoms with Gasteiger partial charge in [0.25, 0.3) is 0 Å². The van der Waals surface area contributed by atoms with Gasteiger partial charge in [0.05, 0.1) is 30.4 Å². The Hall–Kier alpha value is -4.58. The second kappa shape index (κ2) is 19.6. The van der Waals surface area contributed by atoms with Crippen LogP contribution >= 0.6 is 11.3 Å². The minimum Gasteiger partial charge on any atom is -0.496 e. The van der Waals surface area contributed by atoms with Crippen molar-refractivity contribution in [2.45, 2.75) is 142 Å². The fourth-order valence-corrected chi connectivity index (χ4v) is 13.2. The van der Waals surface area contributed by atoms with E-state index in [0.717, 1.165) is 34.2 Å². The monoisotopic (exact) mass is 1010 g/mol. The summed E-state index contributed by atoms with van der Waals surface area (Å²) < 4.78 is 66.7. The average molecular weight is 1010 g/mol. The number of esters is 1. The second-order valence-electron chi connectivity index (χ2n) is 21.6. The van der Waals surface area contributed by atoms with Crippen molar-refractivity contribution in [3.05, 3.63) is 76.3 Å². The molecule has 2 bridgehead atoms. The first-order valence-corrected chi connectivity index (χ1v) is 28.6. The molecule has 3 heterocycles. The highest BCUT2D eigenvalue weighted by Crippen LogP contribution is 2.65. The molecule has 5 unspecified atom stereocenters. The highest BCUT2D eigenvalue weighted by molar-refractivity contribution is 7.87. The number of hydrogen-bond donors (Lipinski definition) is 3. The van der Waals surface area contributed by atoms with Crippen LogP contribution in [-0.2, 0) is 51.3 Å². The molecular weight excluding hydrogens is 944 g/mol. The largest absolute Gasteiger partial charge is 0.496 e. The number of nitrogens with zero attached hydrogens (tertiary/aromatic N) is 3. The number of carbonyl (C=O) groups excluding carboxylic acids is 4. The number of hydrogen-bond acceptors (Lipinski definition) is 14. The number of methoxy groups -OCH3 is 1. The number of nitrogens with one attached hydrogen (secondary N) is 3. The van der Waals surface area contributed by atoms with Crippen molar-refractivity contribution in [3.8, 4) is 5.75 Å². The van der Waals surface area contributed by atoms with Crippen LogP contribution in [0.15, 0.2) is 53.9 Å². The number of para-hydroxylation sites is 1. The Kier molecular flexibility index (Phi) is 14.8. The zero-order valence-corrected chi connectivity index (χ0v) is 44.3. The van der Waals surface area contributed by atoms with Gasteiger partial charge in [-0.05, 0) is 106 Å². The normalized spacial score (nSPS) is 24.0. The first-order chi connectivity index (χ1) is 32.1. The van der Waals surface area contributed by atoms with Gasteiger partial charge in [-0.15, -0.1) is 11.3 Å². The lowest BCUT2D eigenvalue weighted by Gasteiger charge is -2.64. The third kappa shape index (κ3) is 11.0. The van der Waals surface area contributed by atoms with E-state index in [1.165, 1.54) is 12.5 Å². The molecule has 3 saturated carbocycles. The van der Waals surface area contributed by atoms with Gasteiger partial charge in [0, 0.05) is 18.5 Å². The molecule has 0 spiro atoms. The number of ether oxygens (including phenoxy) is 3. The molecule has 376 valence electrons. The standard InChI is InChI=1S/C47H67BN6O12S2Si/c1-44(2,3)63-40(56)32-21-16-20-30(38(32)61-10)24-36(48-64-35-26-31-25-34(46(31,7)8)47(35,9)65-48)50-39(55)37(33-28-67-41(49-33)52-43(58)62-27-29-18-14-13-15-19-29)51-42(57)53-22-17-23-54(68(53,59)60)66-69(11,12)45(4,5)6/h13-16,18-21,28,31,34-37H,17,22-27H2,1-12H3,(H,50,55)(H,51,57)(H,49,52,58)/t31?,34?,35?,36?,37?,47-/m0/s1. The number of thiazole rings is 1. The maximum absolute atomic E-state index is 15.1. The molecule has 1 aromatic heterocycles. The molecule has 4 amide bonds. The lowest BCUT2D eigenvalue weighted by Crippen LogP contribution is -2.65. The zero-order chi connectivity index (χ0) is 50.5. The van der Waals surface area contributed by atoms with Crippen LogP contribution in [-0.4, -0.2) is 105 Å². The topological polar surface area (TPSA) is 213 Å². The molecule has 2 aliphatic heterocycles. The molecule has 5 aliphatic rings. The number of benzene rings is 2. The third-order valence-electron chi connectivity index (χ3n) is 14.4. The first kappa shape index (κ1) is 52.3. The molecule has 8 rings (SSSR count).